The molecule has 5 N–H and O–H groups in total. The van der Waals surface area contributed by atoms with Crippen LogP contribution in [0.5, 0.6) is 0 Å². The highest BCUT2D eigenvalue weighted by Gasteiger charge is 2.39. The van der Waals surface area contributed by atoms with Gasteiger partial charge < -0.3 is 50.7 Å². The van der Waals surface area contributed by atoms with Gasteiger partial charge in [0.25, 0.3) is 0 Å². The molecule has 0 spiro atoms. The standard InChI is InChI=1S/C38H42Cl2N4O6.C36H40Cl2N4O5/c1-24-30(39)12-13-31(36(24)40)41-37(48)32(18-21-43-19-16-29(17-20-43)50-25(2)45)42-38(49)33-22-27-10-6-7-11-28(27)23-44(33)35(47)15-14-34(46)26-8-4-3-5-9-26;1-23-28(37)11-12-29(34(23)38)39-35(46)30(17-20-41-18-15-27(43)16-19-41)40-36(47)31-21-25-9-5-6-10-26(25)22-42(31)33(45)14-13-32(44)24-7-3-2-4-8-24/h3-13,29,32-33H,14-23H2,1-2H3,(H,41,48)(H,42,49);2-12,27,30-31,43H,13-22H2,1H3,(H,39,46)(H,40,47)/t32?,33-;30?,31-/m00/s1. The van der Waals surface area contributed by atoms with Crippen LogP contribution in [-0.2, 0) is 64.2 Å². The third-order valence-electron chi connectivity index (χ3n) is 18.4. The first kappa shape index (κ1) is 73.2. The van der Waals surface area contributed by atoms with Gasteiger partial charge in [-0.1, -0.05) is 156 Å². The number of rotatable bonds is 23. The molecule has 0 saturated carbocycles. The number of carbonyl (C=O) groups excluding carboxylic acids is 9. The number of Topliss-reactive ketones (excluding diaryl/α,β-unsaturated/α-hetero) is 2. The van der Waals surface area contributed by atoms with E-state index >= 15 is 0 Å². The lowest BCUT2D eigenvalue weighted by molar-refractivity contribution is -0.148. The van der Waals surface area contributed by atoms with Crippen molar-refractivity contribution in [2.24, 2.45) is 0 Å². The lowest BCUT2D eigenvalue weighted by Crippen LogP contribution is -2.56. The van der Waals surface area contributed by atoms with Gasteiger partial charge in [-0.25, -0.2) is 0 Å². The van der Waals surface area contributed by atoms with E-state index in [0.717, 1.165) is 22.3 Å². The van der Waals surface area contributed by atoms with E-state index in [9.17, 15) is 48.3 Å². The van der Waals surface area contributed by atoms with Gasteiger partial charge in [-0.05, 0) is 110 Å². The number of nitrogens with one attached hydrogen (secondary N) is 4. The van der Waals surface area contributed by atoms with Crippen molar-refractivity contribution in [2.45, 2.75) is 147 Å². The molecule has 4 heterocycles. The van der Waals surface area contributed by atoms with Gasteiger partial charge in [-0.3, -0.25) is 43.2 Å². The van der Waals surface area contributed by atoms with Gasteiger partial charge in [0.2, 0.25) is 35.4 Å². The van der Waals surface area contributed by atoms with Crippen molar-refractivity contribution >= 4 is 111 Å². The molecule has 10 rings (SSSR count). The van der Waals surface area contributed by atoms with E-state index in [-0.39, 0.29) is 99.6 Å². The van der Waals surface area contributed by atoms with Gasteiger partial charge in [0.1, 0.15) is 30.3 Å². The highest BCUT2D eigenvalue weighted by Crippen LogP contribution is 2.34. The zero-order chi connectivity index (χ0) is 69.3. The Morgan fingerprint density at radius 1 is 0.495 bits per heavy atom. The van der Waals surface area contributed by atoms with Crippen molar-refractivity contribution in [1.29, 1.82) is 0 Å². The van der Waals surface area contributed by atoms with E-state index in [1.807, 2.05) is 60.7 Å². The van der Waals surface area contributed by atoms with E-state index in [0.29, 0.717) is 125 Å². The largest absolute Gasteiger partial charge is 0.462 e. The fourth-order valence-corrected chi connectivity index (χ4v) is 13.4. The van der Waals surface area contributed by atoms with E-state index in [4.69, 9.17) is 51.1 Å². The second-order valence-electron chi connectivity index (χ2n) is 25.1. The summed E-state index contributed by atoms with van der Waals surface area (Å²) < 4.78 is 5.37. The number of aliphatic hydroxyl groups is 1. The number of carbonyl (C=O) groups is 9. The summed E-state index contributed by atoms with van der Waals surface area (Å²) in [6.45, 7) is 9.08. The number of hydrogen-bond donors (Lipinski definition) is 5. The summed E-state index contributed by atoms with van der Waals surface area (Å²) in [6.07, 6.45) is 3.23. The summed E-state index contributed by atoms with van der Waals surface area (Å²) in [6, 6.07) is 35.8. The third-order valence-corrected chi connectivity index (χ3v) is 20.2. The molecule has 0 aliphatic carbocycles. The molecule has 4 aliphatic rings. The molecule has 2 fully saturated rings. The summed E-state index contributed by atoms with van der Waals surface area (Å²) in [7, 11) is 0. The minimum atomic E-state index is -0.963. The van der Waals surface area contributed by atoms with Crippen LogP contribution < -0.4 is 21.3 Å². The Morgan fingerprint density at radius 2 is 0.866 bits per heavy atom. The minimum absolute atomic E-state index is 0.00970. The summed E-state index contributed by atoms with van der Waals surface area (Å²) in [4.78, 5) is 127. The molecule has 2 unspecified atom stereocenters. The number of nitrogens with zero attached hydrogens (tertiary/aromatic N) is 4. The van der Waals surface area contributed by atoms with Crippen molar-refractivity contribution in [1.82, 2.24) is 30.2 Å². The number of ketones is 2. The van der Waals surface area contributed by atoms with Crippen LogP contribution in [0.25, 0.3) is 0 Å². The monoisotopic (exact) mass is 1400 g/mol. The quantitative estimate of drug-likeness (QED) is 0.0296. The lowest BCUT2D eigenvalue weighted by Gasteiger charge is -2.37. The maximum absolute atomic E-state index is 14.2. The molecule has 19 nitrogen and oxygen atoms in total. The van der Waals surface area contributed by atoms with Crippen molar-refractivity contribution < 1.29 is 53.0 Å². The molecule has 6 amide bonds. The van der Waals surface area contributed by atoms with Gasteiger partial charge in [0.15, 0.2) is 11.6 Å². The van der Waals surface area contributed by atoms with Crippen LogP contribution in [0.3, 0.4) is 0 Å². The van der Waals surface area contributed by atoms with E-state index in [2.05, 4.69) is 31.1 Å². The maximum atomic E-state index is 14.2. The van der Waals surface area contributed by atoms with Crippen LogP contribution in [0.15, 0.2) is 133 Å². The number of halogens is 4. The smallest absolute Gasteiger partial charge is 0.302 e. The molecule has 0 bridgehead atoms. The number of esters is 1. The molecule has 6 aromatic carbocycles. The van der Waals surface area contributed by atoms with Gasteiger partial charge >= 0.3 is 5.97 Å². The van der Waals surface area contributed by atoms with Crippen LogP contribution in [0, 0.1) is 13.8 Å². The number of aliphatic hydroxyl groups excluding tert-OH is 1. The summed E-state index contributed by atoms with van der Waals surface area (Å²) in [5, 5.41) is 23.1. The number of amides is 6. The molecule has 2 saturated heterocycles. The number of piperidine rings is 2. The molecule has 0 aromatic heterocycles. The van der Waals surface area contributed by atoms with Crippen LogP contribution >= 0.6 is 46.4 Å². The number of fused-ring (bicyclic) bond motifs is 2. The molecule has 0 radical (unpaired) electrons. The van der Waals surface area contributed by atoms with Crippen LogP contribution in [0.4, 0.5) is 11.4 Å². The highest BCUT2D eigenvalue weighted by atomic mass is 35.5. The Kier molecular flexibility index (Phi) is 26.4. The fourth-order valence-electron chi connectivity index (χ4n) is 12.6. The van der Waals surface area contributed by atoms with Crippen LogP contribution in [0.1, 0.15) is 125 Å². The normalized spacial score (nSPS) is 17.2. The second kappa shape index (κ2) is 35.0. The van der Waals surface area contributed by atoms with Gasteiger partial charge in [-0.2, -0.15) is 0 Å². The molecular formula is C74H82Cl4N8O11. The van der Waals surface area contributed by atoms with Crippen molar-refractivity contribution in [2.75, 3.05) is 49.9 Å². The van der Waals surface area contributed by atoms with Gasteiger partial charge in [0, 0.05) is 119 Å². The molecule has 512 valence electrons. The summed E-state index contributed by atoms with van der Waals surface area (Å²) in [5.41, 5.74) is 6.81. The number of anilines is 2. The Hall–Kier alpha value is -8.01. The van der Waals surface area contributed by atoms with E-state index in [1.165, 1.54) is 16.7 Å². The topological polar surface area (TPSA) is 244 Å². The number of ether oxygens (including phenoxy) is 1. The summed E-state index contributed by atoms with van der Waals surface area (Å²) >= 11 is 25.4. The number of likely N-dealkylation sites (tertiary alicyclic amines) is 2. The predicted octanol–water partition coefficient (Wildman–Crippen LogP) is 10.9. The Morgan fingerprint density at radius 3 is 1.26 bits per heavy atom. The van der Waals surface area contributed by atoms with Crippen molar-refractivity contribution in [3.05, 3.63) is 198 Å². The minimum Gasteiger partial charge on any atom is -0.462 e. The van der Waals surface area contributed by atoms with Crippen molar-refractivity contribution in [3.63, 3.8) is 0 Å². The molecule has 6 aromatic rings. The van der Waals surface area contributed by atoms with Gasteiger partial charge in [0.05, 0.1) is 27.5 Å². The van der Waals surface area contributed by atoms with Gasteiger partial charge in [-0.15, -0.1) is 0 Å². The number of hydrogen-bond acceptors (Lipinski definition) is 13. The Balaban J connectivity index is 0.000000228. The first-order valence-electron chi connectivity index (χ1n) is 32.9. The first-order valence-corrected chi connectivity index (χ1v) is 34.4. The average Bonchev–Trinajstić information content (AvgIpc) is 0.804. The molecule has 97 heavy (non-hydrogen) atoms. The molecule has 23 heteroatoms. The Bertz CT molecular complexity index is 3830. The SMILES string of the molecule is CC(=O)OC1CCN(CCC(NC(=O)[C@@H]2Cc3ccccc3CN2C(=O)CCC(=O)c2ccccc2)C(=O)Nc2ccc(Cl)c(C)c2Cl)CC1.Cc1c(Cl)ccc(NC(=O)C(CCN2CCC(O)CC2)NC(=O)[C@@H]2Cc3ccccc3CN2C(=O)CCC(=O)c2ccccc2)c1Cl. The summed E-state index contributed by atoms with van der Waals surface area (Å²) in [5.74, 6) is -3.04. The zero-order valence-corrected chi connectivity index (χ0v) is 57.7. The first-order chi connectivity index (χ1) is 46.6. The van der Waals surface area contributed by atoms with E-state index < -0.39 is 47.8 Å². The average molecular weight is 1400 g/mol. The van der Waals surface area contributed by atoms with Crippen LogP contribution in [-0.4, -0.2) is 153 Å². The van der Waals surface area contributed by atoms with Crippen LogP contribution in [0.2, 0.25) is 20.1 Å². The molecule has 4 aliphatic heterocycles. The third kappa shape index (κ3) is 20.1. The molecular weight excluding hydrogens is 1320 g/mol. The van der Waals surface area contributed by atoms with Crippen molar-refractivity contribution in [3.8, 4) is 0 Å². The van der Waals surface area contributed by atoms with E-state index in [1.54, 1.807) is 86.6 Å². The predicted molar refractivity (Wildman–Crippen MR) is 375 cm³/mol. The maximum Gasteiger partial charge on any atom is 0.302 e. The molecule has 4 atom stereocenters. The zero-order valence-electron chi connectivity index (χ0n) is 54.6. The Labute approximate surface area is 585 Å². The lowest BCUT2D eigenvalue weighted by atomic mass is 9.92. The highest BCUT2D eigenvalue weighted by molar-refractivity contribution is 6.38. The fraction of sp³-hybridized carbons (Fsp3) is 0.392. The second-order valence-corrected chi connectivity index (χ2v) is 26.6. The number of benzene rings is 6.